The lowest BCUT2D eigenvalue weighted by Gasteiger charge is -2.08. The molecule has 0 bridgehead atoms. The molecule has 0 aromatic heterocycles. The Morgan fingerprint density at radius 3 is 2.53 bits per heavy atom. The summed E-state index contributed by atoms with van der Waals surface area (Å²) in [7, 11) is 0. The Hall–Kier alpha value is -0.220. The molecule has 1 amide bonds. The van der Waals surface area contributed by atoms with Gasteiger partial charge in [0, 0.05) is 14.6 Å². The van der Waals surface area contributed by atoms with Gasteiger partial charge in [-0.15, -0.1) is 0 Å². The fraction of sp³-hybridized carbons (Fsp3) is 0.923. The number of hydrogen-bond donors (Lipinski definition) is 1. The van der Waals surface area contributed by atoms with Crippen LogP contribution in [-0.2, 0) is 9.53 Å². The van der Waals surface area contributed by atoms with Gasteiger partial charge in [0.1, 0.15) is 0 Å². The van der Waals surface area contributed by atoms with Crippen LogP contribution in [0.2, 0.25) is 0 Å². The average molecular weight is 263 g/mol. The Bertz CT molecular complexity index is 201. The molecule has 0 saturated heterocycles. The topological polar surface area (TPSA) is 38.3 Å². The van der Waals surface area contributed by atoms with Crippen LogP contribution < -0.4 is 5.32 Å². The van der Waals surface area contributed by atoms with Crippen LogP contribution in [0, 0.1) is 11.8 Å². The number of hydrogen-bond acceptors (Lipinski definition) is 3. The predicted molar refractivity (Wildman–Crippen MR) is 77.6 cm³/mol. The minimum absolute atomic E-state index is 0. The fourth-order valence-electron chi connectivity index (χ4n) is 1.12. The quantitative estimate of drug-likeness (QED) is 0.616. The molecule has 0 fully saturated rings. The first-order valence-electron chi connectivity index (χ1n) is 6.44. The Kier molecular flexibility index (Phi) is 10.8. The number of thioether (sulfide) groups is 1. The van der Waals surface area contributed by atoms with E-state index < -0.39 is 0 Å². The van der Waals surface area contributed by atoms with Crippen LogP contribution in [0.3, 0.4) is 0 Å². The van der Waals surface area contributed by atoms with E-state index in [0.717, 1.165) is 18.8 Å². The van der Waals surface area contributed by atoms with Crippen molar-refractivity contribution in [3.63, 3.8) is 0 Å². The van der Waals surface area contributed by atoms with Crippen LogP contribution in [-0.4, -0.2) is 37.2 Å². The summed E-state index contributed by atoms with van der Waals surface area (Å²) in [4.78, 5) is 11.4. The first kappa shape index (κ1) is 16.8. The van der Waals surface area contributed by atoms with E-state index in [9.17, 15) is 4.79 Å². The molecule has 0 aromatic rings. The van der Waals surface area contributed by atoms with Gasteiger partial charge in [0.2, 0.25) is 5.91 Å². The van der Waals surface area contributed by atoms with Gasteiger partial charge in [-0.1, -0.05) is 27.7 Å². The molecule has 0 unspecified atom stereocenters. The smallest absolute Gasteiger partial charge is 0.230 e. The van der Waals surface area contributed by atoms with Gasteiger partial charge in [0.15, 0.2) is 0 Å². The number of carbonyl (C=O) groups is 1. The molecule has 0 heterocycles. The highest BCUT2D eigenvalue weighted by Crippen LogP contribution is 2.06. The van der Waals surface area contributed by atoms with E-state index in [1.165, 1.54) is 0 Å². The van der Waals surface area contributed by atoms with Crippen LogP contribution in [0.15, 0.2) is 0 Å². The van der Waals surface area contributed by atoms with Crippen LogP contribution in [0.4, 0.5) is 0 Å². The van der Waals surface area contributed by atoms with E-state index in [1.807, 2.05) is 0 Å². The normalized spacial score (nSPS) is 11.2. The van der Waals surface area contributed by atoms with E-state index in [4.69, 9.17) is 4.74 Å². The van der Waals surface area contributed by atoms with Crippen molar-refractivity contribution < 1.29 is 11.0 Å². The van der Waals surface area contributed by atoms with E-state index in [-0.39, 0.29) is 7.33 Å². The van der Waals surface area contributed by atoms with Gasteiger partial charge in [0.25, 0.3) is 0 Å². The summed E-state index contributed by atoms with van der Waals surface area (Å²) >= 11 is 1.69. The molecule has 0 aliphatic heterocycles. The lowest BCUT2D eigenvalue weighted by Crippen LogP contribution is -2.29. The van der Waals surface area contributed by atoms with Crippen molar-refractivity contribution in [1.82, 2.24) is 5.32 Å². The minimum atomic E-state index is 0. The maximum absolute atomic E-state index is 11.4. The van der Waals surface area contributed by atoms with Gasteiger partial charge in [0.05, 0.1) is 12.4 Å². The molecule has 0 aliphatic carbocycles. The number of ether oxygens (including phenoxy) is 1. The van der Waals surface area contributed by atoms with Gasteiger partial charge in [-0.05, 0) is 24.0 Å². The minimum Gasteiger partial charge on any atom is -0.380 e. The predicted octanol–water partition coefficient (Wildman–Crippen LogP) is 2.80. The van der Waals surface area contributed by atoms with Gasteiger partial charge < -0.3 is 10.1 Å². The third-order valence-electron chi connectivity index (χ3n) is 2.09. The summed E-state index contributed by atoms with van der Waals surface area (Å²) in [5, 5.41) is 2.86. The fourth-order valence-corrected chi connectivity index (χ4v) is 2.00. The molecule has 17 heavy (non-hydrogen) atoms. The molecule has 0 saturated carbocycles. The molecule has 3 nitrogen and oxygen atoms in total. The van der Waals surface area contributed by atoms with Gasteiger partial charge in [-0.2, -0.15) is 11.8 Å². The second-order valence-corrected chi connectivity index (χ2v) is 6.08. The van der Waals surface area contributed by atoms with Crippen molar-refractivity contribution >= 4 is 17.7 Å². The van der Waals surface area contributed by atoms with Gasteiger partial charge in [-0.25, -0.2) is 0 Å². The lowest BCUT2D eigenvalue weighted by atomic mass is 10.1. The molecule has 0 atom stereocenters. The Labute approximate surface area is 112 Å². The number of rotatable bonds is 10. The first-order valence-corrected chi connectivity index (χ1v) is 7.60. The third-order valence-corrected chi connectivity index (χ3v) is 3.46. The zero-order chi connectivity index (χ0) is 13.1. The molecule has 0 spiro atoms. The standard InChI is InChI=1S/C13H27NO2S.H2/c1-11(2)5-7-16-8-6-14-13(15)10-17-9-12(3)4;/h11-12H,5-10H2,1-4H3,(H,14,15);1H. The second kappa shape index (κ2) is 10.9. The summed E-state index contributed by atoms with van der Waals surface area (Å²) in [6.45, 7) is 10.7. The van der Waals surface area contributed by atoms with Crippen molar-refractivity contribution in [2.24, 2.45) is 11.8 Å². The summed E-state index contributed by atoms with van der Waals surface area (Å²) in [6, 6.07) is 0. The molecule has 0 aliphatic rings. The van der Waals surface area contributed by atoms with E-state index in [2.05, 4.69) is 33.0 Å². The molecule has 0 aromatic carbocycles. The maximum Gasteiger partial charge on any atom is 0.230 e. The van der Waals surface area contributed by atoms with Crippen LogP contribution in [0.5, 0.6) is 0 Å². The summed E-state index contributed by atoms with van der Waals surface area (Å²) in [5.74, 6) is 3.04. The average Bonchev–Trinajstić information content (AvgIpc) is 2.22. The van der Waals surface area contributed by atoms with Crippen molar-refractivity contribution in [2.75, 3.05) is 31.3 Å². The monoisotopic (exact) mass is 263 g/mol. The zero-order valence-corrected chi connectivity index (χ0v) is 12.4. The molecular weight excluding hydrogens is 234 g/mol. The first-order chi connectivity index (χ1) is 8.02. The summed E-state index contributed by atoms with van der Waals surface area (Å²) in [6.07, 6.45) is 1.08. The largest absolute Gasteiger partial charge is 0.380 e. The summed E-state index contributed by atoms with van der Waals surface area (Å²) in [5.41, 5.74) is 0. The SMILES string of the molecule is CC(C)CCOCCNC(=O)CSCC(C)C.[HH]. The van der Waals surface area contributed by atoms with E-state index in [0.29, 0.717) is 30.7 Å². The molecule has 0 radical (unpaired) electrons. The molecule has 4 heteroatoms. The lowest BCUT2D eigenvalue weighted by molar-refractivity contribution is -0.118. The van der Waals surface area contributed by atoms with E-state index in [1.54, 1.807) is 11.8 Å². The van der Waals surface area contributed by atoms with Crippen molar-refractivity contribution in [1.29, 1.82) is 0 Å². The van der Waals surface area contributed by atoms with Crippen molar-refractivity contribution in [3.05, 3.63) is 0 Å². The van der Waals surface area contributed by atoms with Crippen LogP contribution in [0.25, 0.3) is 0 Å². The summed E-state index contributed by atoms with van der Waals surface area (Å²) < 4.78 is 5.42. The van der Waals surface area contributed by atoms with Crippen LogP contribution in [0.1, 0.15) is 35.5 Å². The Morgan fingerprint density at radius 1 is 1.24 bits per heavy atom. The van der Waals surface area contributed by atoms with Crippen molar-refractivity contribution in [3.8, 4) is 0 Å². The molecule has 0 rings (SSSR count). The maximum atomic E-state index is 11.4. The van der Waals surface area contributed by atoms with Gasteiger partial charge in [-0.3, -0.25) is 4.79 Å². The Morgan fingerprint density at radius 2 is 1.94 bits per heavy atom. The second-order valence-electron chi connectivity index (χ2n) is 5.05. The highest BCUT2D eigenvalue weighted by Gasteiger charge is 2.02. The Balaban J connectivity index is 0. The van der Waals surface area contributed by atoms with Crippen molar-refractivity contribution in [2.45, 2.75) is 34.1 Å². The van der Waals surface area contributed by atoms with Crippen LogP contribution >= 0.6 is 11.8 Å². The van der Waals surface area contributed by atoms with Gasteiger partial charge >= 0.3 is 0 Å². The highest BCUT2D eigenvalue weighted by atomic mass is 32.2. The molecule has 104 valence electrons. The number of nitrogens with one attached hydrogen (secondary N) is 1. The number of carbonyl (C=O) groups excluding carboxylic acids is 1. The third kappa shape index (κ3) is 13.7. The number of amides is 1. The van der Waals surface area contributed by atoms with E-state index >= 15 is 0 Å². The molecular formula is C13H29NO2S. The molecule has 1 N–H and O–H groups in total. The zero-order valence-electron chi connectivity index (χ0n) is 11.6. The highest BCUT2D eigenvalue weighted by molar-refractivity contribution is 7.99.